The molecule has 0 aromatic carbocycles. The molecule has 0 radical (unpaired) electrons. The van der Waals surface area contributed by atoms with Crippen LogP contribution < -0.4 is 11.0 Å². The van der Waals surface area contributed by atoms with Crippen molar-refractivity contribution in [1.29, 1.82) is 0 Å². The van der Waals surface area contributed by atoms with Crippen LogP contribution in [0.5, 0.6) is 0 Å². The molecule has 8 heavy (non-hydrogen) atoms. The zero-order valence-corrected chi connectivity index (χ0v) is 5.49. The Morgan fingerprint density at radius 1 is 1.62 bits per heavy atom. The Morgan fingerprint density at radius 3 is 2.75 bits per heavy atom. The fourth-order valence-electron chi connectivity index (χ4n) is 0.466. The fraction of sp³-hybridized carbons (Fsp3) is 0. The Balaban J connectivity index is 3.08. The number of anilines is 1. The third kappa shape index (κ3) is 1.17. The highest BCUT2D eigenvalue weighted by atomic mass is 31.0. The van der Waals surface area contributed by atoms with Gasteiger partial charge in [-0.25, -0.2) is 4.98 Å². The third-order valence-corrected chi connectivity index (χ3v) is 1.16. The molecule has 0 amide bonds. The number of hydrogen-bond acceptors (Lipinski definition) is 2. The number of pyridine rings is 1. The zero-order valence-electron chi connectivity index (χ0n) is 4.33. The van der Waals surface area contributed by atoms with Gasteiger partial charge in [0.25, 0.3) is 0 Å². The van der Waals surface area contributed by atoms with Crippen molar-refractivity contribution < 1.29 is 0 Å². The molecule has 0 aliphatic rings. The standard InChI is InChI=1S/C5H7N2P/c6-5-3-4(8)1-2-7-5/h1-3H,8H2,(H2,6,7). The van der Waals surface area contributed by atoms with Gasteiger partial charge in [0, 0.05) is 6.20 Å². The average Bonchev–Trinajstić information content (AvgIpc) is 1.64. The first kappa shape index (κ1) is 5.52. The van der Waals surface area contributed by atoms with Gasteiger partial charge in [-0.2, -0.15) is 0 Å². The molecule has 1 heterocycles. The second kappa shape index (κ2) is 2.10. The van der Waals surface area contributed by atoms with Gasteiger partial charge in [0.15, 0.2) is 0 Å². The predicted molar refractivity (Wildman–Crippen MR) is 38.0 cm³/mol. The third-order valence-electron chi connectivity index (χ3n) is 0.805. The minimum Gasteiger partial charge on any atom is -0.384 e. The molecule has 0 fully saturated rings. The van der Waals surface area contributed by atoms with Crippen LogP contribution in [0.2, 0.25) is 0 Å². The van der Waals surface area contributed by atoms with Gasteiger partial charge in [-0.15, -0.1) is 9.24 Å². The summed E-state index contributed by atoms with van der Waals surface area (Å²) in [5, 5.41) is 1.07. The second-order valence-corrected chi connectivity index (χ2v) is 2.18. The van der Waals surface area contributed by atoms with Crippen LogP contribution in [0.1, 0.15) is 0 Å². The van der Waals surface area contributed by atoms with Crippen LogP contribution in [-0.4, -0.2) is 4.98 Å². The van der Waals surface area contributed by atoms with Crippen LogP contribution in [0.4, 0.5) is 5.82 Å². The first-order chi connectivity index (χ1) is 3.79. The number of nitrogens with zero attached hydrogens (tertiary/aromatic N) is 1. The normalized spacial score (nSPS) is 9.12. The molecule has 1 aromatic rings. The van der Waals surface area contributed by atoms with Crippen LogP contribution >= 0.6 is 9.24 Å². The lowest BCUT2D eigenvalue weighted by Crippen LogP contribution is -1.95. The van der Waals surface area contributed by atoms with Gasteiger partial charge < -0.3 is 5.73 Å². The van der Waals surface area contributed by atoms with Gasteiger partial charge in [-0.1, -0.05) is 0 Å². The molecule has 0 saturated heterocycles. The van der Waals surface area contributed by atoms with E-state index in [-0.39, 0.29) is 0 Å². The molecular formula is C5H7N2P. The number of rotatable bonds is 0. The Morgan fingerprint density at radius 2 is 2.38 bits per heavy atom. The molecule has 0 aliphatic heterocycles. The van der Waals surface area contributed by atoms with Gasteiger partial charge >= 0.3 is 0 Å². The molecule has 1 aromatic heterocycles. The van der Waals surface area contributed by atoms with E-state index < -0.39 is 0 Å². The Bertz CT molecular complexity index is 170. The van der Waals surface area contributed by atoms with Crippen molar-refractivity contribution in [3.05, 3.63) is 18.3 Å². The smallest absolute Gasteiger partial charge is 0.123 e. The molecule has 2 N–H and O–H groups in total. The van der Waals surface area contributed by atoms with Crippen LogP contribution in [0.3, 0.4) is 0 Å². The molecule has 1 unspecified atom stereocenters. The molecule has 0 spiro atoms. The molecule has 3 heteroatoms. The predicted octanol–water partition coefficient (Wildman–Crippen LogP) is 0.164. The highest BCUT2D eigenvalue weighted by Crippen LogP contribution is 1.93. The molecule has 42 valence electrons. The van der Waals surface area contributed by atoms with Crippen molar-refractivity contribution in [3.8, 4) is 0 Å². The zero-order chi connectivity index (χ0) is 5.98. The van der Waals surface area contributed by atoms with E-state index >= 15 is 0 Å². The second-order valence-electron chi connectivity index (χ2n) is 1.51. The maximum atomic E-state index is 5.33. The van der Waals surface area contributed by atoms with Crippen molar-refractivity contribution >= 4 is 20.4 Å². The summed E-state index contributed by atoms with van der Waals surface area (Å²) >= 11 is 0. The van der Waals surface area contributed by atoms with E-state index in [4.69, 9.17) is 5.73 Å². The lowest BCUT2D eigenvalue weighted by molar-refractivity contribution is 1.35. The first-order valence-electron chi connectivity index (χ1n) is 2.26. The van der Waals surface area contributed by atoms with E-state index in [0.29, 0.717) is 5.82 Å². The van der Waals surface area contributed by atoms with E-state index in [1.54, 1.807) is 12.3 Å². The molecule has 0 aliphatic carbocycles. The average molecular weight is 126 g/mol. The van der Waals surface area contributed by atoms with Crippen molar-refractivity contribution in [2.24, 2.45) is 0 Å². The minimum absolute atomic E-state index is 0.567. The maximum absolute atomic E-state index is 5.33. The molecule has 2 nitrogen and oxygen atoms in total. The SMILES string of the molecule is Nc1cc(P)ccn1. The lowest BCUT2D eigenvalue weighted by atomic mass is 10.5. The van der Waals surface area contributed by atoms with Crippen LogP contribution in [0.25, 0.3) is 0 Å². The van der Waals surface area contributed by atoms with E-state index in [1.165, 1.54) is 0 Å². The summed E-state index contributed by atoms with van der Waals surface area (Å²) in [4.78, 5) is 3.80. The van der Waals surface area contributed by atoms with Gasteiger partial charge in [0.1, 0.15) is 5.82 Å². The summed E-state index contributed by atoms with van der Waals surface area (Å²) in [7, 11) is 2.54. The van der Waals surface area contributed by atoms with E-state index in [9.17, 15) is 0 Å². The van der Waals surface area contributed by atoms with Crippen LogP contribution in [0, 0.1) is 0 Å². The molecule has 0 saturated carbocycles. The number of aromatic nitrogens is 1. The highest BCUT2D eigenvalue weighted by molar-refractivity contribution is 7.27. The molecular weight excluding hydrogens is 119 g/mol. The van der Waals surface area contributed by atoms with Gasteiger partial charge in [-0.05, 0) is 17.4 Å². The number of nitrogen functional groups attached to an aromatic ring is 1. The van der Waals surface area contributed by atoms with Crippen molar-refractivity contribution in [1.82, 2.24) is 4.98 Å². The van der Waals surface area contributed by atoms with Gasteiger partial charge in [0.2, 0.25) is 0 Å². The van der Waals surface area contributed by atoms with E-state index in [1.807, 2.05) is 6.07 Å². The monoisotopic (exact) mass is 126 g/mol. The van der Waals surface area contributed by atoms with Gasteiger partial charge in [-0.3, -0.25) is 0 Å². The van der Waals surface area contributed by atoms with Gasteiger partial charge in [0.05, 0.1) is 0 Å². The Labute approximate surface area is 50.3 Å². The summed E-state index contributed by atoms with van der Waals surface area (Å²) in [6.45, 7) is 0. The Kier molecular flexibility index (Phi) is 1.45. The fourth-order valence-corrected chi connectivity index (χ4v) is 0.722. The summed E-state index contributed by atoms with van der Waals surface area (Å²) in [6.07, 6.45) is 1.68. The summed E-state index contributed by atoms with van der Waals surface area (Å²) in [5.74, 6) is 0.567. The largest absolute Gasteiger partial charge is 0.384 e. The summed E-state index contributed by atoms with van der Waals surface area (Å²) < 4.78 is 0. The molecule has 1 rings (SSSR count). The van der Waals surface area contributed by atoms with Crippen molar-refractivity contribution in [2.75, 3.05) is 5.73 Å². The minimum atomic E-state index is 0.567. The lowest BCUT2D eigenvalue weighted by Gasteiger charge is -1.90. The number of hydrogen-bond donors (Lipinski definition) is 1. The first-order valence-corrected chi connectivity index (χ1v) is 2.84. The van der Waals surface area contributed by atoms with Crippen molar-refractivity contribution in [3.63, 3.8) is 0 Å². The Hall–Kier alpha value is -0.620. The highest BCUT2D eigenvalue weighted by Gasteiger charge is 1.82. The quantitative estimate of drug-likeness (QED) is 0.503. The van der Waals surface area contributed by atoms with E-state index in [2.05, 4.69) is 14.2 Å². The topological polar surface area (TPSA) is 38.9 Å². The van der Waals surface area contributed by atoms with Crippen LogP contribution in [0.15, 0.2) is 18.3 Å². The molecule has 0 bridgehead atoms. The summed E-state index contributed by atoms with van der Waals surface area (Å²) in [5.41, 5.74) is 5.33. The number of nitrogens with two attached hydrogens (primary N) is 1. The van der Waals surface area contributed by atoms with Crippen molar-refractivity contribution in [2.45, 2.75) is 0 Å². The van der Waals surface area contributed by atoms with Crippen LogP contribution in [-0.2, 0) is 0 Å². The maximum Gasteiger partial charge on any atom is 0.123 e. The molecule has 1 atom stereocenters. The van der Waals surface area contributed by atoms with E-state index in [0.717, 1.165) is 5.30 Å². The summed E-state index contributed by atoms with van der Waals surface area (Å²) in [6, 6.07) is 3.67.